The van der Waals surface area contributed by atoms with Crippen LogP contribution in [0.25, 0.3) is 11.2 Å². The van der Waals surface area contributed by atoms with Crippen molar-refractivity contribution in [3.63, 3.8) is 0 Å². The normalized spacial score (nSPS) is 27.3. The summed E-state index contributed by atoms with van der Waals surface area (Å²) in [5.41, 5.74) is 6.25. The number of anilines is 1. The van der Waals surface area contributed by atoms with Gasteiger partial charge in [-0.3, -0.25) is 9.09 Å². The zero-order valence-corrected chi connectivity index (χ0v) is 15.4. The van der Waals surface area contributed by atoms with Crippen LogP contribution in [0.4, 0.5) is 5.82 Å². The zero-order chi connectivity index (χ0) is 16.8. The van der Waals surface area contributed by atoms with E-state index >= 15 is 0 Å². The van der Waals surface area contributed by atoms with Crippen LogP contribution in [-0.4, -0.2) is 64.4 Å². The number of nitrogens with two attached hydrogens (primary N) is 1. The van der Waals surface area contributed by atoms with Crippen LogP contribution in [0, 0.1) is 0 Å². The SMILES string of the molecule is Nc1ncnc2c1ncn2C1OC(COP(=O)(O)O)C(O)C1O.[Na+]. The predicted molar refractivity (Wildman–Crippen MR) is 73.7 cm³/mol. The third kappa shape index (κ3) is 3.78. The second kappa shape index (κ2) is 7.30. The van der Waals surface area contributed by atoms with E-state index in [4.69, 9.17) is 20.3 Å². The quantitative estimate of drug-likeness (QED) is 0.257. The maximum absolute atomic E-state index is 10.7. The minimum absolute atomic E-state index is 0. The number of aromatic nitrogens is 4. The molecule has 0 amide bonds. The van der Waals surface area contributed by atoms with Gasteiger partial charge in [-0.15, -0.1) is 0 Å². The fourth-order valence-corrected chi connectivity index (χ4v) is 2.66. The molecular weight excluding hydrogens is 356 g/mol. The number of aliphatic hydroxyl groups excluding tert-OH is 2. The summed E-state index contributed by atoms with van der Waals surface area (Å²) in [7, 11) is -4.72. The number of phosphoric ester groups is 1. The van der Waals surface area contributed by atoms with Gasteiger partial charge in [0.2, 0.25) is 0 Å². The number of nitrogens with zero attached hydrogens (tertiary/aromatic N) is 4. The Bertz CT molecular complexity index is 769. The summed E-state index contributed by atoms with van der Waals surface area (Å²) < 4.78 is 21.8. The summed E-state index contributed by atoms with van der Waals surface area (Å²) in [6.07, 6.45) is -2.49. The number of nitrogen functional groups attached to an aromatic ring is 1. The van der Waals surface area contributed by atoms with E-state index in [0.29, 0.717) is 5.52 Å². The Morgan fingerprint density at radius 2 is 2.00 bits per heavy atom. The monoisotopic (exact) mass is 370 g/mol. The predicted octanol–water partition coefficient (Wildman–Crippen LogP) is -4.86. The van der Waals surface area contributed by atoms with Gasteiger partial charge in [-0.2, -0.15) is 0 Å². The van der Waals surface area contributed by atoms with Gasteiger partial charge in [0.25, 0.3) is 0 Å². The topological polar surface area (TPSA) is 186 Å². The van der Waals surface area contributed by atoms with Gasteiger partial charge in [-0.1, -0.05) is 0 Å². The summed E-state index contributed by atoms with van der Waals surface area (Å²) in [5, 5.41) is 20.1. The molecule has 14 heteroatoms. The van der Waals surface area contributed by atoms with Gasteiger partial charge in [0.05, 0.1) is 12.9 Å². The van der Waals surface area contributed by atoms with Crippen molar-refractivity contribution in [2.45, 2.75) is 24.5 Å². The Balaban J connectivity index is 0.00000208. The first-order valence-corrected chi connectivity index (χ1v) is 7.95. The molecule has 1 saturated heterocycles. The van der Waals surface area contributed by atoms with Crippen LogP contribution < -0.4 is 35.3 Å². The molecule has 1 aliphatic rings. The Morgan fingerprint density at radius 1 is 1.29 bits per heavy atom. The van der Waals surface area contributed by atoms with Gasteiger partial charge >= 0.3 is 37.4 Å². The summed E-state index contributed by atoms with van der Waals surface area (Å²) >= 11 is 0. The molecule has 4 unspecified atom stereocenters. The van der Waals surface area contributed by atoms with Crippen LogP contribution in [0.15, 0.2) is 12.7 Å². The van der Waals surface area contributed by atoms with Crippen LogP contribution in [0.3, 0.4) is 0 Å². The molecule has 0 spiro atoms. The molecule has 0 saturated carbocycles. The van der Waals surface area contributed by atoms with Crippen molar-refractivity contribution in [1.82, 2.24) is 19.5 Å². The van der Waals surface area contributed by atoms with Crippen molar-refractivity contribution in [3.8, 4) is 0 Å². The first-order valence-electron chi connectivity index (χ1n) is 6.42. The molecule has 2 aromatic heterocycles. The Labute approximate surface area is 157 Å². The van der Waals surface area contributed by atoms with Crippen LogP contribution in [-0.2, 0) is 13.8 Å². The number of hydrogen-bond acceptors (Lipinski definition) is 9. The first kappa shape index (κ1) is 19.7. The molecule has 0 radical (unpaired) electrons. The molecule has 0 aromatic carbocycles. The smallest absolute Gasteiger partial charge is 0.387 e. The molecule has 1 fully saturated rings. The van der Waals surface area contributed by atoms with Crippen molar-refractivity contribution in [2.75, 3.05) is 12.3 Å². The molecule has 24 heavy (non-hydrogen) atoms. The number of rotatable bonds is 4. The van der Waals surface area contributed by atoms with Gasteiger partial charge in [0.1, 0.15) is 30.2 Å². The molecule has 0 aliphatic carbocycles. The van der Waals surface area contributed by atoms with Crippen LogP contribution in [0.1, 0.15) is 6.23 Å². The van der Waals surface area contributed by atoms with Gasteiger partial charge in [0.15, 0.2) is 17.7 Å². The molecule has 3 heterocycles. The largest absolute Gasteiger partial charge is 1.00 e. The molecule has 2 aromatic rings. The number of hydrogen-bond donors (Lipinski definition) is 5. The number of aliphatic hydroxyl groups is 2. The maximum atomic E-state index is 10.7. The van der Waals surface area contributed by atoms with Crippen LogP contribution >= 0.6 is 7.82 Å². The zero-order valence-electron chi connectivity index (χ0n) is 12.5. The fraction of sp³-hybridized carbons (Fsp3) is 0.500. The molecule has 126 valence electrons. The molecule has 3 rings (SSSR count). The number of imidazole rings is 1. The summed E-state index contributed by atoms with van der Waals surface area (Å²) in [5.74, 6) is 0.142. The summed E-state index contributed by atoms with van der Waals surface area (Å²) in [6.45, 7) is -0.594. The third-order valence-corrected chi connectivity index (χ3v) is 3.89. The van der Waals surface area contributed by atoms with Crippen molar-refractivity contribution >= 4 is 24.8 Å². The van der Waals surface area contributed by atoms with Gasteiger partial charge in [-0.25, -0.2) is 19.5 Å². The van der Waals surface area contributed by atoms with E-state index in [1.807, 2.05) is 0 Å². The second-order valence-electron chi connectivity index (χ2n) is 4.92. The van der Waals surface area contributed by atoms with Crippen LogP contribution in [0.2, 0.25) is 0 Å². The minimum Gasteiger partial charge on any atom is -0.387 e. The minimum atomic E-state index is -4.72. The molecule has 1 aliphatic heterocycles. The molecular formula is C10H14N5NaO7P+. The van der Waals surface area contributed by atoms with Crippen molar-refractivity contribution in [1.29, 1.82) is 0 Å². The summed E-state index contributed by atoms with van der Waals surface area (Å²) in [4.78, 5) is 29.2. The van der Waals surface area contributed by atoms with Crippen molar-refractivity contribution in [2.24, 2.45) is 0 Å². The molecule has 12 nitrogen and oxygen atoms in total. The maximum Gasteiger partial charge on any atom is 1.00 e. The van der Waals surface area contributed by atoms with Gasteiger partial charge in [0, 0.05) is 0 Å². The molecule has 4 atom stereocenters. The Morgan fingerprint density at radius 3 is 2.67 bits per heavy atom. The average Bonchev–Trinajstić information content (AvgIpc) is 3.01. The van der Waals surface area contributed by atoms with E-state index in [-0.39, 0.29) is 41.0 Å². The van der Waals surface area contributed by atoms with E-state index in [0.717, 1.165) is 0 Å². The van der Waals surface area contributed by atoms with Crippen molar-refractivity contribution < 1.29 is 63.4 Å². The third-order valence-electron chi connectivity index (χ3n) is 3.41. The van der Waals surface area contributed by atoms with E-state index in [2.05, 4.69) is 19.5 Å². The Kier molecular flexibility index (Phi) is 5.98. The van der Waals surface area contributed by atoms with E-state index in [9.17, 15) is 14.8 Å². The van der Waals surface area contributed by atoms with Crippen molar-refractivity contribution in [3.05, 3.63) is 12.7 Å². The molecule has 0 bridgehead atoms. The standard InChI is InChI=1S/C10H14N5O7P.Na/c11-8-5-9(13-2-12-8)15(3-14-5)10-7(17)6(16)4(22-10)1-21-23(18,19)20;/h2-4,6-7,10,16-17H,1H2,(H2,11,12,13)(H2,18,19,20);/q;+1. The fourth-order valence-electron chi connectivity index (χ4n) is 2.32. The summed E-state index contributed by atoms with van der Waals surface area (Å²) in [6, 6.07) is 0. The first-order chi connectivity index (χ1) is 10.8. The second-order valence-corrected chi connectivity index (χ2v) is 6.15. The average molecular weight is 370 g/mol. The van der Waals surface area contributed by atoms with Gasteiger partial charge < -0.3 is 30.5 Å². The number of ether oxygens (including phenoxy) is 1. The molecule has 6 N–H and O–H groups in total. The Hall–Kier alpha value is -0.660. The van der Waals surface area contributed by atoms with E-state index < -0.39 is 39.0 Å². The number of fused-ring (bicyclic) bond motifs is 1. The van der Waals surface area contributed by atoms with E-state index in [1.54, 1.807) is 0 Å². The van der Waals surface area contributed by atoms with Crippen LogP contribution in [0.5, 0.6) is 0 Å². The van der Waals surface area contributed by atoms with E-state index in [1.165, 1.54) is 17.2 Å². The van der Waals surface area contributed by atoms with Gasteiger partial charge in [-0.05, 0) is 0 Å². The number of phosphoric acid groups is 1.